The van der Waals surface area contributed by atoms with Crippen LogP contribution in [-0.2, 0) is 14.3 Å². The average molecular weight is 320 g/mol. The van der Waals surface area contributed by atoms with E-state index in [0.29, 0.717) is 24.6 Å². The van der Waals surface area contributed by atoms with E-state index in [1.54, 1.807) is 20.1 Å². The molecule has 1 amide bonds. The predicted octanol–water partition coefficient (Wildman–Crippen LogP) is 1.91. The van der Waals surface area contributed by atoms with Gasteiger partial charge in [0, 0.05) is 18.3 Å². The molecule has 1 aliphatic rings. The highest BCUT2D eigenvalue weighted by molar-refractivity contribution is 5.92. The minimum Gasteiger partial charge on any atom is -0.497 e. The standard InChI is InChI=1S/C17H24N2O4/c1-3-23-17(21)13-6-5-9-19(11-13)12-16(20)18-14-7-4-8-15(10-14)22-2/h4,7-8,10,13H,3,5-6,9,11-12H2,1-2H3,(H,18,20)/t13-/m0/s1. The topological polar surface area (TPSA) is 67.9 Å². The number of hydrogen-bond acceptors (Lipinski definition) is 5. The molecule has 0 aromatic heterocycles. The molecule has 1 aromatic carbocycles. The Kier molecular flexibility index (Phi) is 6.40. The van der Waals surface area contributed by atoms with E-state index >= 15 is 0 Å². The van der Waals surface area contributed by atoms with Crippen molar-refractivity contribution in [3.8, 4) is 5.75 Å². The first-order valence-corrected chi connectivity index (χ1v) is 7.95. The SMILES string of the molecule is CCOC(=O)[C@H]1CCCN(CC(=O)Nc2cccc(OC)c2)C1. The maximum Gasteiger partial charge on any atom is 0.310 e. The van der Waals surface area contributed by atoms with Crippen molar-refractivity contribution in [2.45, 2.75) is 19.8 Å². The zero-order chi connectivity index (χ0) is 16.7. The summed E-state index contributed by atoms with van der Waals surface area (Å²) in [4.78, 5) is 26.0. The number of ether oxygens (including phenoxy) is 2. The number of carbonyl (C=O) groups excluding carboxylic acids is 2. The van der Waals surface area contributed by atoms with Gasteiger partial charge in [0.15, 0.2) is 0 Å². The van der Waals surface area contributed by atoms with E-state index in [2.05, 4.69) is 5.32 Å². The lowest BCUT2D eigenvalue weighted by molar-refractivity contribution is -0.150. The maximum atomic E-state index is 12.2. The summed E-state index contributed by atoms with van der Waals surface area (Å²) in [5.74, 6) is 0.310. The van der Waals surface area contributed by atoms with Crippen molar-refractivity contribution in [1.82, 2.24) is 4.90 Å². The van der Waals surface area contributed by atoms with E-state index in [9.17, 15) is 9.59 Å². The van der Waals surface area contributed by atoms with Crippen LogP contribution in [0.15, 0.2) is 24.3 Å². The summed E-state index contributed by atoms with van der Waals surface area (Å²) in [6.45, 7) is 3.87. The molecule has 1 aromatic rings. The first-order valence-electron chi connectivity index (χ1n) is 7.95. The monoisotopic (exact) mass is 320 g/mol. The van der Waals surface area contributed by atoms with Crippen molar-refractivity contribution in [2.75, 3.05) is 38.7 Å². The van der Waals surface area contributed by atoms with Gasteiger partial charge in [-0.3, -0.25) is 14.5 Å². The maximum absolute atomic E-state index is 12.2. The van der Waals surface area contributed by atoms with Crippen molar-refractivity contribution in [2.24, 2.45) is 5.92 Å². The summed E-state index contributed by atoms with van der Waals surface area (Å²) in [5.41, 5.74) is 0.702. The van der Waals surface area contributed by atoms with Crippen LogP contribution < -0.4 is 10.1 Å². The fraction of sp³-hybridized carbons (Fsp3) is 0.529. The third-order valence-electron chi connectivity index (χ3n) is 3.85. The molecular formula is C17H24N2O4. The molecule has 1 atom stereocenters. The van der Waals surface area contributed by atoms with Crippen molar-refractivity contribution < 1.29 is 19.1 Å². The molecular weight excluding hydrogens is 296 g/mol. The highest BCUT2D eigenvalue weighted by atomic mass is 16.5. The van der Waals surface area contributed by atoms with Gasteiger partial charge in [-0.2, -0.15) is 0 Å². The molecule has 1 N–H and O–H groups in total. The van der Waals surface area contributed by atoms with Crippen molar-refractivity contribution in [3.63, 3.8) is 0 Å². The van der Waals surface area contributed by atoms with Crippen LogP contribution in [0.4, 0.5) is 5.69 Å². The molecule has 1 fully saturated rings. The zero-order valence-electron chi connectivity index (χ0n) is 13.7. The zero-order valence-corrected chi connectivity index (χ0v) is 13.7. The summed E-state index contributed by atoms with van der Waals surface area (Å²) in [7, 11) is 1.59. The summed E-state index contributed by atoms with van der Waals surface area (Å²) in [6.07, 6.45) is 1.72. The van der Waals surface area contributed by atoms with Gasteiger partial charge >= 0.3 is 5.97 Å². The number of nitrogens with zero attached hydrogens (tertiary/aromatic N) is 1. The fourth-order valence-electron chi connectivity index (χ4n) is 2.76. The Bertz CT molecular complexity index is 547. The van der Waals surface area contributed by atoms with E-state index in [0.717, 1.165) is 19.4 Å². The first-order chi connectivity index (χ1) is 11.1. The van der Waals surface area contributed by atoms with Crippen molar-refractivity contribution >= 4 is 17.6 Å². The number of amides is 1. The van der Waals surface area contributed by atoms with Crippen LogP contribution in [0.5, 0.6) is 5.75 Å². The Hall–Kier alpha value is -2.08. The van der Waals surface area contributed by atoms with Crippen LogP contribution in [0, 0.1) is 5.92 Å². The Balaban J connectivity index is 1.85. The minimum absolute atomic E-state index is 0.0947. The van der Waals surface area contributed by atoms with Gasteiger partial charge in [-0.25, -0.2) is 0 Å². The molecule has 23 heavy (non-hydrogen) atoms. The Morgan fingerprint density at radius 3 is 2.96 bits per heavy atom. The molecule has 2 rings (SSSR count). The summed E-state index contributed by atoms with van der Waals surface area (Å²) < 4.78 is 10.2. The molecule has 6 heteroatoms. The Morgan fingerprint density at radius 1 is 1.39 bits per heavy atom. The van der Waals surface area contributed by atoms with Gasteiger partial charge in [0.25, 0.3) is 0 Å². The number of hydrogen-bond donors (Lipinski definition) is 1. The van der Waals surface area contributed by atoms with Gasteiger partial charge in [-0.15, -0.1) is 0 Å². The molecule has 1 heterocycles. The first kappa shape index (κ1) is 17.3. The van der Waals surface area contributed by atoms with Crippen molar-refractivity contribution in [3.05, 3.63) is 24.3 Å². The molecule has 1 saturated heterocycles. The van der Waals surface area contributed by atoms with Crippen molar-refractivity contribution in [1.29, 1.82) is 0 Å². The number of likely N-dealkylation sites (tertiary alicyclic amines) is 1. The second-order valence-electron chi connectivity index (χ2n) is 5.61. The van der Waals surface area contributed by atoms with Crippen LogP contribution in [0.2, 0.25) is 0 Å². The van der Waals surface area contributed by atoms with Gasteiger partial charge in [0.1, 0.15) is 5.75 Å². The van der Waals surface area contributed by atoms with Gasteiger partial charge in [0.05, 0.1) is 26.2 Å². The van der Waals surface area contributed by atoms with Crippen LogP contribution in [-0.4, -0.2) is 50.1 Å². The molecule has 0 saturated carbocycles. The second kappa shape index (κ2) is 8.53. The van der Waals surface area contributed by atoms with Crippen LogP contribution in [0.25, 0.3) is 0 Å². The molecule has 6 nitrogen and oxygen atoms in total. The average Bonchev–Trinajstić information content (AvgIpc) is 2.55. The number of benzene rings is 1. The van der Waals surface area contributed by atoms with Gasteiger partial charge in [-0.1, -0.05) is 6.07 Å². The smallest absolute Gasteiger partial charge is 0.310 e. The quantitative estimate of drug-likeness (QED) is 0.811. The molecule has 0 aliphatic carbocycles. The normalized spacial score (nSPS) is 18.3. The van der Waals surface area contributed by atoms with E-state index in [1.807, 2.05) is 23.1 Å². The predicted molar refractivity (Wildman–Crippen MR) is 87.4 cm³/mol. The number of anilines is 1. The van der Waals surface area contributed by atoms with Gasteiger partial charge in [-0.05, 0) is 38.4 Å². The number of esters is 1. The number of piperidine rings is 1. The lowest BCUT2D eigenvalue weighted by Crippen LogP contribution is -2.43. The molecule has 1 aliphatic heterocycles. The van der Waals surface area contributed by atoms with Crippen LogP contribution >= 0.6 is 0 Å². The fourth-order valence-corrected chi connectivity index (χ4v) is 2.76. The van der Waals surface area contributed by atoms with E-state index in [1.165, 1.54) is 0 Å². The summed E-state index contributed by atoms with van der Waals surface area (Å²) >= 11 is 0. The second-order valence-corrected chi connectivity index (χ2v) is 5.61. The Morgan fingerprint density at radius 2 is 2.22 bits per heavy atom. The lowest BCUT2D eigenvalue weighted by atomic mass is 9.98. The lowest BCUT2D eigenvalue weighted by Gasteiger charge is -2.30. The molecule has 0 spiro atoms. The van der Waals surface area contributed by atoms with Gasteiger partial charge in [0.2, 0.25) is 5.91 Å². The van der Waals surface area contributed by atoms with E-state index in [-0.39, 0.29) is 24.3 Å². The summed E-state index contributed by atoms with van der Waals surface area (Å²) in [6, 6.07) is 7.24. The van der Waals surface area contributed by atoms with E-state index in [4.69, 9.17) is 9.47 Å². The third-order valence-corrected chi connectivity index (χ3v) is 3.85. The minimum atomic E-state index is -0.162. The van der Waals surface area contributed by atoms with Crippen LogP contribution in [0.3, 0.4) is 0 Å². The largest absolute Gasteiger partial charge is 0.497 e. The number of nitrogens with one attached hydrogen (secondary N) is 1. The van der Waals surface area contributed by atoms with Gasteiger partial charge < -0.3 is 14.8 Å². The molecule has 126 valence electrons. The number of rotatable bonds is 6. The number of methoxy groups -OCH3 is 1. The highest BCUT2D eigenvalue weighted by Crippen LogP contribution is 2.19. The van der Waals surface area contributed by atoms with E-state index < -0.39 is 0 Å². The summed E-state index contributed by atoms with van der Waals surface area (Å²) in [5, 5.41) is 2.86. The Labute approximate surface area is 136 Å². The molecule has 0 bridgehead atoms. The molecule has 0 radical (unpaired) electrons. The third kappa shape index (κ3) is 5.25. The molecule has 0 unspecified atom stereocenters. The number of carbonyl (C=O) groups is 2. The highest BCUT2D eigenvalue weighted by Gasteiger charge is 2.27. The van der Waals surface area contributed by atoms with Crippen LogP contribution in [0.1, 0.15) is 19.8 Å².